The number of nitrogens with one attached hydrogen (secondary N) is 1. The van der Waals surface area contributed by atoms with Crippen LogP contribution < -0.4 is 5.32 Å². The van der Waals surface area contributed by atoms with Crippen LogP contribution in [0.15, 0.2) is 36.5 Å². The van der Waals surface area contributed by atoms with Gasteiger partial charge in [-0.05, 0) is 56.7 Å². The van der Waals surface area contributed by atoms with E-state index in [0.717, 1.165) is 52.1 Å². The molecule has 28 heavy (non-hydrogen) atoms. The van der Waals surface area contributed by atoms with E-state index < -0.39 is 0 Å². The molecule has 1 amide bonds. The zero-order chi connectivity index (χ0) is 19.8. The minimum Gasteiger partial charge on any atom is -0.381 e. The van der Waals surface area contributed by atoms with Crippen molar-refractivity contribution < 1.29 is 9.53 Å². The lowest BCUT2D eigenvalue weighted by atomic mass is 9.74. The Hall–Kier alpha value is -1.76. The summed E-state index contributed by atoms with van der Waals surface area (Å²) in [6, 6.07) is 10.8. The van der Waals surface area contributed by atoms with Crippen molar-refractivity contribution >= 4 is 22.4 Å². The van der Waals surface area contributed by atoms with Gasteiger partial charge < -0.3 is 10.1 Å². The zero-order valence-corrected chi connectivity index (χ0v) is 17.8. The van der Waals surface area contributed by atoms with E-state index in [1.807, 2.05) is 6.20 Å². The van der Waals surface area contributed by atoms with E-state index in [1.54, 1.807) is 11.3 Å². The monoisotopic (exact) mass is 401 g/mol. The largest absolute Gasteiger partial charge is 0.381 e. The average Bonchev–Trinajstić information content (AvgIpc) is 3.13. The maximum Gasteiger partial charge on any atom is 0.223 e. The third-order valence-electron chi connectivity index (χ3n) is 5.53. The van der Waals surface area contributed by atoms with Crippen LogP contribution in [-0.2, 0) is 22.5 Å². The van der Waals surface area contributed by atoms with Gasteiger partial charge in [-0.2, -0.15) is 0 Å². The van der Waals surface area contributed by atoms with Crippen LogP contribution in [-0.4, -0.2) is 42.1 Å². The number of hydrogen-bond donors (Lipinski definition) is 1. The Balaban J connectivity index is 1.54. The van der Waals surface area contributed by atoms with Gasteiger partial charge >= 0.3 is 0 Å². The molecule has 0 aliphatic carbocycles. The number of hydrogen-bond acceptors (Lipinski definition) is 5. The molecule has 0 spiro atoms. The van der Waals surface area contributed by atoms with E-state index in [0.29, 0.717) is 5.13 Å². The number of likely N-dealkylation sites (tertiary alicyclic amines) is 1. The predicted octanol–water partition coefficient (Wildman–Crippen LogP) is 4.35. The van der Waals surface area contributed by atoms with Crippen LogP contribution in [0.25, 0.3) is 0 Å². The molecule has 1 aromatic heterocycles. The first-order valence-corrected chi connectivity index (χ1v) is 11.0. The lowest BCUT2D eigenvalue weighted by molar-refractivity contribution is -0.114. The molecule has 0 bridgehead atoms. The molecule has 1 aliphatic rings. The molecule has 0 unspecified atom stereocenters. The fourth-order valence-corrected chi connectivity index (χ4v) is 4.74. The van der Waals surface area contributed by atoms with Gasteiger partial charge in [0, 0.05) is 31.1 Å². The molecule has 1 aliphatic heterocycles. The predicted molar refractivity (Wildman–Crippen MR) is 115 cm³/mol. The maximum absolute atomic E-state index is 11.2. The highest BCUT2D eigenvalue weighted by molar-refractivity contribution is 7.15. The van der Waals surface area contributed by atoms with Crippen LogP contribution in [0, 0.1) is 5.41 Å². The number of carbonyl (C=O) groups is 1. The lowest BCUT2D eigenvalue weighted by Crippen LogP contribution is -2.42. The number of aryl methyl sites for hydroxylation is 1. The van der Waals surface area contributed by atoms with Gasteiger partial charge in [0.1, 0.15) is 0 Å². The Labute approximate surface area is 172 Å². The summed E-state index contributed by atoms with van der Waals surface area (Å²) in [5, 5.41) is 3.45. The van der Waals surface area contributed by atoms with Gasteiger partial charge in [0.05, 0.1) is 6.61 Å². The normalized spacial score (nSPS) is 16.8. The van der Waals surface area contributed by atoms with Crippen LogP contribution in [0.5, 0.6) is 0 Å². The standard InChI is InChI=1S/C22H31N3O2S/c1-3-27-17-22(10-9-19-7-5-4-6-8-19)11-13-25(14-12-22)16-20-15-23-21(28-20)24-18(2)26/h4-8,15H,3,9-14,16-17H2,1-2H3,(H,23,24,26). The first-order chi connectivity index (χ1) is 13.6. The number of benzene rings is 1. The summed E-state index contributed by atoms with van der Waals surface area (Å²) in [5.41, 5.74) is 1.69. The number of carbonyl (C=O) groups excluding carboxylic acids is 1. The van der Waals surface area contributed by atoms with E-state index in [-0.39, 0.29) is 11.3 Å². The van der Waals surface area contributed by atoms with Crippen LogP contribution in [0.1, 0.15) is 43.6 Å². The van der Waals surface area contributed by atoms with Gasteiger partial charge in [0.15, 0.2) is 5.13 Å². The summed E-state index contributed by atoms with van der Waals surface area (Å²) in [6.07, 6.45) is 6.50. The molecule has 0 saturated carbocycles. The molecule has 152 valence electrons. The molecule has 2 aromatic rings. The highest BCUT2D eigenvalue weighted by Gasteiger charge is 2.34. The van der Waals surface area contributed by atoms with Crippen molar-refractivity contribution in [2.24, 2.45) is 5.41 Å². The van der Waals surface area contributed by atoms with Crippen molar-refractivity contribution in [3.05, 3.63) is 47.0 Å². The lowest BCUT2D eigenvalue weighted by Gasteiger charge is -2.41. The number of ether oxygens (including phenoxy) is 1. The summed E-state index contributed by atoms with van der Waals surface area (Å²) in [6.45, 7) is 8.29. The average molecular weight is 402 g/mol. The van der Waals surface area contributed by atoms with Crippen molar-refractivity contribution in [2.45, 2.75) is 46.1 Å². The van der Waals surface area contributed by atoms with Crippen molar-refractivity contribution in [3.8, 4) is 0 Å². The summed E-state index contributed by atoms with van der Waals surface area (Å²) in [7, 11) is 0. The molecule has 6 heteroatoms. The summed E-state index contributed by atoms with van der Waals surface area (Å²) in [4.78, 5) is 19.2. The second-order valence-corrected chi connectivity index (χ2v) is 8.83. The van der Waals surface area contributed by atoms with E-state index in [2.05, 4.69) is 52.5 Å². The van der Waals surface area contributed by atoms with Crippen molar-refractivity contribution in [1.82, 2.24) is 9.88 Å². The molecule has 1 fully saturated rings. The van der Waals surface area contributed by atoms with Gasteiger partial charge in [0.2, 0.25) is 5.91 Å². The zero-order valence-electron chi connectivity index (χ0n) is 16.9. The minimum absolute atomic E-state index is 0.0713. The molecule has 1 saturated heterocycles. The number of aromatic nitrogens is 1. The van der Waals surface area contributed by atoms with Crippen molar-refractivity contribution in [3.63, 3.8) is 0 Å². The molecule has 1 N–H and O–H groups in total. The number of rotatable bonds is 9. The van der Waals surface area contributed by atoms with Gasteiger partial charge in [-0.15, -0.1) is 11.3 Å². The number of amides is 1. The summed E-state index contributed by atoms with van der Waals surface area (Å²) in [5.74, 6) is -0.0713. The van der Waals surface area contributed by atoms with Crippen molar-refractivity contribution in [1.29, 1.82) is 0 Å². The molecule has 1 aromatic carbocycles. The van der Waals surface area contributed by atoms with Crippen molar-refractivity contribution in [2.75, 3.05) is 31.6 Å². The Kier molecular flexibility index (Phi) is 7.59. The van der Waals surface area contributed by atoms with Crippen LogP contribution in [0.4, 0.5) is 5.13 Å². The summed E-state index contributed by atoms with van der Waals surface area (Å²) < 4.78 is 5.89. The SMILES string of the molecule is CCOCC1(CCc2ccccc2)CCN(Cc2cnc(NC(C)=O)s2)CC1. The number of piperidine rings is 1. The fourth-order valence-electron chi connectivity index (χ4n) is 3.83. The fraction of sp³-hybridized carbons (Fsp3) is 0.545. The van der Waals surface area contributed by atoms with Gasteiger partial charge in [0.25, 0.3) is 0 Å². The highest BCUT2D eigenvalue weighted by Crippen LogP contribution is 2.37. The van der Waals surface area contributed by atoms with E-state index >= 15 is 0 Å². The third-order valence-corrected chi connectivity index (χ3v) is 6.43. The van der Waals surface area contributed by atoms with Gasteiger partial charge in [-0.1, -0.05) is 30.3 Å². The molecule has 0 radical (unpaired) electrons. The maximum atomic E-state index is 11.2. The Morgan fingerprint density at radius 1 is 1.29 bits per heavy atom. The third kappa shape index (κ3) is 6.12. The summed E-state index contributed by atoms with van der Waals surface area (Å²) >= 11 is 1.57. The molecule has 2 heterocycles. The first-order valence-electron chi connectivity index (χ1n) is 10.1. The minimum atomic E-state index is -0.0713. The van der Waals surface area contributed by atoms with E-state index in [9.17, 15) is 4.79 Å². The molecule has 0 atom stereocenters. The number of nitrogens with zero attached hydrogens (tertiary/aromatic N) is 2. The first kappa shape index (κ1) is 21.0. The Bertz CT molecular complexity index is 739. The molecule has 3 rings (SSSR count). The van der Waals surface area contributed by atoms with Crippen LogP contribution >= 0.6 is 11.3 Å². The van der Waals surface area contributed by atoms with E-state index in [1.165, 1.54) is 23.8 Å². The van der Waals surface area contributed by atoms with Gasteiger partial charge in [-0.25, -0.2) is 4.98 Å². The number of thiazole rings is 1. The second kappa shape index (κ2) is 10.1. The highest BCUT2D eigenvalue weighted by atomic mass is 32.1. The Morgan fingerprint density at radius 2 is 2.04 bits per heavy atom. The molecular weight excluding hydrogens is 370 g/mol. The topological polar surface area (TPSA) is 54.5 Å². The Morgan fingerprint density at radius 3 is 2.71 bits per heavy atom. The van der Waals surface area contributed by atoms with E-state index in [4.69, 9.17) is 4.74 Å². The molecular formula is C22H31N3O2S. The van der Waals surface area contributed by atoms with Crippen LogP contribution in [0.3, 0.4) is 0 Å². The smallest absolute Gasteiger partial charge is 0.223 e. The van der Waals surface area contributed by atoms with Crippen LogP contribution in [0.2, 0.25) is 0 Å². The number of anilines is 1. The quantitative estimate of drug-likeness (QED) is 0.679. The molecule has 5 nitrogen and oxygen atoms in total. The van der Waals surface area contributed by atoms with Gasteiger partial charge in [-0.3, -0.25) is 9.69 Å². The second-order valence-electron chi connectivity index (χ2n) is 7.71.